The number of aromatic nitrogens is 2. The number of nitrogens with one attached hydrogen (secondary N) is 2. The van der Waals surface area contributed by atoms with Crippen molar-refractivity contribution in [1.29, 1.82) is 0 Å². The average molecular weight is 306 g/mol. The maximum absolute atomic E-state index is 11.9. The van der Waals surface area contributed by atoms with Gasteiger partial charge in [0.15, 0.2) is 0 Å². The molecule has 0 saturated heterocycles. The molecule has 0 aliphatic carbocycles. The van der Waals surface area contributed by atoms with Crippen LogP contribution in [0.3, 0.4) is 0 Å². The first-order valence-electron chi connectivity index (χ1n) is 7.51. The fraction of sp³-hybridized carbons (Fsp3) is 0.167. The van der Waals surface area contributed by atoms with Crippen molar-refractivity contribution in [1.82, 2.24) is 9.97 Å². The molecule has 3 rings (SSSR count). The number of aromatic amines is 1. The predicted molar refractivity (Wildman–Crippen MR) is 94.1 cm³/mol. The summed E-state index contributed by atoms with van der Waals surface area (Å²) in [5.74, 6) is 0.828. The number of benzene rings is 2. The Morgan fingerprint density at radius 1 is 1.13 bits per heavy atom. The lowest BCUT2D eigenvalue weighted by Crippen LogP contribution is -2.10. The third-order valence-electron chi connectivity index (χ3n) is 3.60. The van der Waals surface area contributed by atoms with Gasteiger partial charge in [-0.3, -0.25) is 9.78 Å². The highest BCUT2D eigenvalue weighted by Gasteiger charge is 2.01. The van der Waals surface area contributed by atoms with Gasteiger partial charge in [0.25, 0.3) is 5.56 Å². The molecule has 0 aliphatic rings. The van der Waals surface area contributed by atoms with E-state index in [-0.39, 0.29) is 5.56 Å². The van der Waals surface area contributed by atoms with Crippen LogP contribution in [0.2, 0.25) is 0 Å². The largest absolute Gasteiger partial charge is 0.291 e. The van der Waals surface area contributed by atoms with E-state index in [1.54, 1.807) is 18.3 Å². The van der Waals surface area contributed by atoms with Gasteiger partial charge in [0.1, 0.15) is 0 Å². The summed E-state index contributed by atoms with van der Waals surface area (Å²) in [6, 6.07) is 15.4. The lowest BCUT2D eigenvalue weighted by Gasteiger charge is -2.04. The second-order valence-electron chi connectivity index (χ2n) is 5.62. The molecule has 116 valence electrons. The minimum atomic E-state index is -0.186. The zero-order valence-corrected chi connectivity index (χ0v) is 13.1. The third-order valence-corrected chi connectivity index (χ3v) is 3.60. The molecule has 0 unspecified atom stereocenters. The Hall–Kier alpha value is -2.95. The van der Waals surface area contributed by atoms with E-state index < -0.39 is 0 Å². The van der Waals surface area contributed by atoms with Gasteiger partial charge in [-0.05, 0) is 29.2 Å². The molecule has 5 nitrogen and oxygen atoms in total. The number of anilines is 1. The van der Waals surface area contributed by atoms with Crippen LogP contribution in [-0.4, -0.2) is 16.2 Å². The Morgan fingerprint density at radius 2 is 1.87 bits per heavy atom. The first kappa shape index (κ1) is 15.0. The molecule has 23 heavy (non-hydrogen) atoms. The number of fused-ring (bicyclic) bond motifs is 1. The molecule has 0 atom stereocenters. The number of hydrogen-bond donors (Lipinski definition) is 2. The molecule has 5 heteroatoms. The summed E-state index contributed by atoms with van der Waals surface area (Å²) in [4.78, 5) is 18.9. The van der Waals surface area contributed by atoms with Gasteiger partial charge in [-0.2, -0.15) is 5.10 Å². The fourth-order valence-corrected chi connectivity index (χ4v) is 2.27. The number of hydrazone groups is 1. The highest BCUT2D eigenvalue weighted by molar-refractivity contribution is 5.80. The third kappa shape index (κ3) is 3.45. The minimum Gasteiger partial charge on any atom is -0.291 e. The molecular weight excluding hydrogens is 288 g/mol. The molecule has 0 fully saturated rings. The molecule has 2 aromatic carbocycles. The topological polar surface area (TPSA) is 70.1 Å². The number of H-pyrrole nitrogens is 1. The van der Waals surface area contributed by atoms with Crippen molar-refractivity contribution in [2.24, 2.45) is 5.10 Å². The van der Waals surface area contributed by atoms with Crippen molar-refractivity contribution in [3.63, 3.8) is 0 Å². The SMILES string of the molecule is CC(C)c1ccc(/C=N/Nc2nc3ccccc3c(=O)[nH]2)cc1. The molecule has 1 aromatic heterocycles. The van der Waals surface area contributed by atoms with Crippen LogP contribution < -0.4 is 11.0 Å². The lowest BCUT2D eigenvalue weighted by atomic mass is 10.0. The summed E-state index contributed by atoms with van der Waals surface area (Å²) >= 11 is 0. The minimum absolute atomic E-state index is 0.186. The van der Waals surface area contributed by atoms with E-state index in [1.165, 1.54) is 5.56 Å². The van der Waals surface area contributed by atoms with Gasteiger partial charge in [0.05, 0.1) is 17.1 Å². The van der Waals surface area contributed by atoms with Gasteiger partial charge >= 0.3 is 0 Å². The molecule has 2 N–H and O–H groups in total. The number of para-hydroxylation sites is 1. The summed E-state index contributed by atoms with van der Waals surface area (Å²) < 4.78 is 0. The molecule has 0 saturated carbocycles. The monoisotopic (exact) mass is 306 g/mol. The Kier molecular flexibility index (Phi) is 4.19. The standard InChI is InChI=1S/C18H18N4O/c1-12(2)14-9-7-13(8-10-14)11-19-22-18-20-16-6-4-3-5-15(16)17(23)21-18/h3-12H,1-2H3,(H2,20,21,22,23)/b19-11+. The molecule has 0 bridgehead atoms. The molecule has 0 amide bonds. The molecule has 3 aromatic rings. The summed E-state index contributed by atoms with van der Waals surface area (Å²) in [5, 5.41) is 4.69. The van der Waals surface area contributed by atoms with E-state index in [0.717, 1.165) is 5.56 Å². The molecule has 0 radical (unpaired) electrons. The van der Waals surface area contributed by atoms with Crippen molar-refractivity contribution < 1.29 is 0 Å². The fourth-order valence-electron chi connectivity index (χ4n) is 2.27. The van der Waals surface area contributed by atoms with E-state index in [0.29, 0.717) is 22.8 Å². The van der Waals surface area contributed by atoms with Crippen LogP contribution in [0, 0.1) is 0 Å². The zero-order chi connectivity index (χ0) is 16.2. The van der Waals surface area contributed by atoms with Gasteiger partial charge in [0.2, 0.25) is 5.95 Å². The van der Waals surface area contributed by atoms with Gasteiger partial charge in [0, 0.05) is 0 Å². The molecule has 1 heterocycles. The van der Waals surface area contributed by atoms with Gasteiger partial charge in [-0.1, -0.05) is 50.2 Å². The van der Waals surface area contributed by atoms with Crippen LogP contribution in [0.25, 0.3) is 10.9 Å². The van der Waals surface area contributed by atoms with E-state index in [2.05, 4.69) is 46.5 Å². The maximum atomic E-state index is 11.9. The number of nitrogens with zero attached hydrogens (tertiary/aromatic N) is 2. The van der Waals surface area contributed by atoms with Gasteiger partial charge in [-0.15, -0.1) is 0 Å². The predicted octanol–water partition coefficient (Wildman–Crippen LogP) is 3.49. The highest BCUT2D eigenvalue weighted by atomic mass is 16.1. The Bertz CT molecular complexity index is 895. The van der Waals surface area contributed by atoms with E-state index >= 15 is 0 Å². The van der Waals surface area contributed by atoms with Crippen LogP contribution in [-0.2, 0) is 0 Å². The summed E-state index contributed by atoms with van der Waals surface area (Å²) in [6.07, 6.45) is 1.69. The average Bonchev–Trinajstić information content (AvgIpc) is 2.55. The van der Waals surface area contributed by atoms with Crippen molar-refractivity contribution in [2.75, 3.05) is 5.43 Å². The summed E-state index contributed by atoms with van der Waals surface area (Å²) in [7, 11) is 0. The first-order chi connectivity index (χ1) is 11.1. The Balaban J connectivity index is 1.76. The van der Waals surface area contributed by atoms with Crippen molar-refractivity contribution in [3.05, 3.63) is 70.0 Å². The quantitative estimate of drug-likeness (QED) is 0.572. The molecule has 0 aliphatic heterocycles. The van der Waals surface area contributed by atoms with Crippen molar-refractivity contribution >= 4 is 23.1 Å². The van der Waals surface area contributed by atoms with Crippen LogP contribution in [0.1, 0.15) is 30.9 Å². The van der Waals surface area contributed by atoms with E-state index in [9.17, 15) is 4.79 Å². The van der Waals surface area contributed by atoms with Gasteiger partial charge < -0.3 is 0 Å². The number of hydrogen-bond acceptors (Lipinski definition) is 4. The first-order valence-corrected chi connectivity index (χ1v) is 7.51. The lowest BCUT2D eigenvalue weighted by molar-refractivity contribution is 0.866. The Morgan fingerprint density at radius 3 is 2.61 bits per heavy atom. The van der Waals surface area contributed by atoms with Crippen LogP contribution in [0.15, 0.2) is 58.4 Å². The van der Waals surface area contributed by atoms with E-state index in [1.807, 2.05) is 24.3 Å². The number of rotatable bonds is 4. The molecule has 0 spiro atoms. The van der Waals surface area contributed by atoms with Crippen molar-refractivity contribution in [2.45, 2.75) is 19.8 Å². The normalized spacial score (nSPS) is 11.4. The smallest absolute Gasteiger partial charge is 0.260 e. The highest BCUT2D eigenvalue weighted by Crippen LogP contribution is 2.14. The second-order valence-corrected chi connectivity index (χ2v) is 5.62. The van der Waals surface area contributed by atoms with Crippen LogP contribution >= 0.6 is 0 Å². The van der Waals surface area contributed by atoms with Gasteiger partial charge in [-0.25, -0.2) is 10.4 Å². The van der Waals surface area contributed by atoms with E-state index in [4.69, 9.17) is 0 Å². The molecular formula is C18H18N4O. The second kappa shape index (κ2) is 6.44. The van der Waals surface area contributed by atoms with Crippen LogP contribution in [0.5, 0.6) is 0 Å². The maximum Gasteiger partial charge on any atom is 0.260 e. The van der Waals surface area contributed by atoms with Crippen molar-refractivity contribution in [3.8, 4) is 0 Å². The van der Waals surface area contributed by atoms with Crippen LogP contribution in [0.4, 0.5) is 5.95 Å². The summed E-state index contributed by atoms with van der Waals surface area (Å²) in [5.41, 5.74) is 5.48. The summed E-state index contributed by atoms with van der Waals surface area (Å²) in [6.45, 7) is 4.32. The Labute approximate surface area is 134 Å². The zero-order valence-electron chi connectivity index (χ0n) is 13.1.